The van der Waals surface area contributed by atoms with Gasteiger partial charge in [-0.3, -0.25) is 0 Å². The lowest BCUT2D eigenvalue weighted by molar-refractivity contribution is 0.883. The minimum Gasteiger partial charge on any atom is -0.113 e. The Kier molecular flexibility index (Phi) is 5.44. The van der Waals surface area contributed by atoms with Crippen LogP contribution >= 0.6 is 35.6 Å². The Morgan fingerprint density at radius 1 is 1.11 bits per heavy atom. The van der Waals surface area contributed by atoms with Crippen molar-refractivity contribution >= 4 is 39.8 Å². The number of hydrogen-bond acceptors (Lipinski definition) is 2. The van der Waals surface area contributed by atoms with Crippen LogP contribution in [0.2, 0.25) is 5.02 Å². The first kappa shape index (κ1) is 14.6. The molecule has 0 aliphatic heterocycles. The molecule has 2 rings (SSSR count). The normalized spacial score (nSPS) is 12.1. The molecule has 0 aromatic heterocycles. The zero-order chi connectivity index (χ0) is 13.7. The molecule has 0 N–H and O–H groups in total. The van der Waals surface area contributed by atoms with Gasteiger partial charge < -0.3 is 0 Å². The van der Waals surface area contributed by atoms with Gasteiger partial charge in [-0.15, -0.1) is 11.8 Å². The van der Waals surface area contributed by atoms with Crippen LogP contribution in [0.3, 0.4) is 0 Å². The predicted molar refractivity (Wildman–Crippen MR) is 90.5 cm³/mol. The molecule has 0 fully saturated rings. The van der Waals surface area contributed by atoms with E-state index in [1.165, 1.54) is 5.56 Å². The van der Waals surface area contributed by atoms with Crippen molar-refractivity contribution < 1.29 is 0 Å². The SMILES string of the molecule is CC(CSC(=S)c1ccccc1)c1ccc(Cl)cc1. The second kappa shape index (κ2) is 7.09. The van der Waals surface area contributed by atoms with E-state index in [9.17, 15) is 0 Å². The number of benzene rings is 2. The van der Waals surface area contributed by atoms with Gasteiger partial charge in [0.2, 0.25) is 0 Å². The standard InChI is InChI=1S/C16H15ClS2/c1-12(13-7-9-15(17)10-8-13)11-19-16(18)14-5-3-2-4-6-14/h2-10,12H,11H2,1H3. The summed E-state index contributed by atoms with van der Waals surface area (Å²) in [5, 5.41) is 0.781. The molecule has 0 aliphatic carbocycles. The Hall–Kier alpha value is -0.830. The Labute approximate surface area is 129 Å². The molecule has 1 unspecified atom stereocenters. The van der Waals surface area contributed by atoms with Gasteiger partial charge in [-0.05, 0) is 29.2 Å². The van der Waals surface area contributed by atoms with Crippen LogP contribution in [0.15, 0.2) is 54.6 Å². The highest BCUT2D eigenvalue weighted by Crippen LogP contribution is 2.24. The summed E-state index contributed by atoms with van der Waals surface area (Å²) in [6.45, 7) is 2.21. The number of hydrogen-bond donors (Lipinski definition) is 0. The Morgan fingerprint density at radius 2 is 1.74 bits per heavy atom. The molecule has 0 saturated carbocycles. The molecule has 0 spiro atoms. The van der Waals surface area contributed by atoms with E-state index in [0.717, 1.165) is 20.5 Å². The second-order valence-electron chi connectivity index (χ2n) is 4.42. The van der Waals surface area contributed by atoms with Crippen LogP contribution in [0.1, 0.15) is 24.0 Å². The lowest BCUT2D eigenvalue weighted by atomic mass is 10.0. The Balaban J connectivity index is 1.92. The van der Waals surface area contributed by atoms with Crippen molar-refractivity contribution in [3.8, 4) is 0 Å². The lowest BCUT2D eigenvalue weighted by Gasteiger charge is -2.12. The van der Waals surface area contributed by atoms with Crippen molar-refractivity contribution in [1.29, 1.82) is 0 Å². The average Bonchev–Trinajstić information content (AvgIpc) is 2.46. The maximum atomic E-state index is 5.90. The minimum absolute atomic E-state index is 0.462. The van der Waals surface area contributed by atoms with Crippen molar-refractivity contribution in [3.05, 3.63) is 70.7 Å². The van der Waals surface area contributed by atoms with E-state index >= 15 is 0 Å². The summed E-state index contributed by atoms with van der Waals surface area (Å²) < 4.78 is 0.960. The highest BCUT2D eigenvalue weighted by molar-refractivity contribution is 8.23. The maximum Gasteiger partial charge on any atom is 0.0778 e. The fourth-order valence-corrected chi connectivity index (χ4v) is 3.11. The fraction of sp³-hybridized carbons (Fsp3) is 0.188. The zero-order valence-electron chi connectivity index (χ0n) is 10.7. The van der Waals surface area contributed by atoms with Crippen molar-refractivity contribution in [2.75, 3.05) is 5.75 Å². The van der Waals surface area contributed by atoms with Gasteiger partial charge in [-0.25, -0.2) is 0 Å². The molecule has 1 atom stereocenters. The maximum absolute atomic E-state index is 5.90. The second-order valence-corrected chi connectivity index (χ2v) is 6.55. The van der Waals surface area contributed by atoms with Crippen LogP contribution in [0.4, 0.5) is 0 Å². The van der Waals surface area contributed by atoms with E-state index < -0.39 is 0 Å². The summed E-state index contributed by atoms with van der Waals surface area (Å²) >= 11 is 13.1. The van der Waals surface area contributed by atoms with Gasteiger partial charge in [0.15, 0.2) is 0 Å². The molecule has 0 amide bonds. The molecule has 0 aliphatic rings. The highest BCUT2D eigenvalue weighted by atomic mass is 35.5. The van der Waals surface area contributed by atoms with E-state index in [1.54, 1.807) is 11.8 Å². The first-order valence-electron chi connectivity index (χ1n) is 6.14. The molecule has 2 aromatic rings. The molecular formula is C16H15ClS2. The van der Waals surface area contributed by atoms with Crippen molar-refractivity contribution in [3.63, 3.8) is 0 Å². The predicted octanol–water partition coefficient (Wildman–Crippen LogP) is 5.55. The van der Waals surface area contributed by atoms with E-state index in [2.05, 4.69) is 31.2 Å². The quantitative estimate of drug-likeness (QED) is 0.679. The topological polar surface area (TPSA) is 0 Å². The number of rotatable bonds is 4. The van der Waals surface area contributed by atoms with Crippen molar-refractivity contribution in [2.24, 2.45) is 0 Å². The largest absolute Gasteiger partial charge is 0.113 e. The van der Waals surface area contributed by atoms with Crippen LogP contribution in [0, 0.1) is 0 Å². The Morgan fingerprint density at radius 3 is 2.37 bits per heavy atom. The van der Waals surface area contributed by atoms with E-state index in [1.807, 2.05) is 30.3 Å². The van der Waals surface area contributed by atoms with Gasteiger partial charge >= 0.3 is 0 Å². The van der Waals surface area contributed by atoms with Gasteiger partial charge in [0.1, 0.15) is 0 Å². The third-order valence-electron chi connectivity index (χ3n) is 2.91. The number of thiocarbonyl (C=S) groups is 1. The summed E-state index contributed by atoms with van der Waals surface area (Å²) in [5.74, 6) is 1.44. The van der Waals surface area contributed by atoms with Crippen LogP contribution in [0.25, 0.3) is 0 Å². The molecule has 0 saturated heterocycles. The minimum atomic E-state index is 0.462. The molecule has 98 valence electrons. The van der Waals surface area contributed by atoms with Gasteiger partial charge in [0, 0.05) is 10.8 Å². The van der Waals surface area contributed by atoms with Gasteiger partial charge in [0.25, 0.3) is 0 Å². The van der Waals surface area contributed by atoms with E-state index in [4.69, 9.17) is 23.8 Å². The summed E-state index contributed by atoms with van der Waals surface area (Å²) in [6.07, 6.45) is 0. The third kappa shape index (κ3) is 4.34. The summed E-state index contributed by atoms with van der Waals surface area (Å²) in [4.78, 5) is 0. The molecule has 0 heterocycles. The highest BCUT2D eigenvalue weighted by Gasteiger charge is 2.08. The monoisotopic (exact) mass is 306 g/mol. The molecular weight excluding hydrogens is 292 g/mol. The smallest absolute Gasteiger partial charge is 0.0778 e. The molecule has 0 bridgehead atoms. The van der Waals surface area contributed by atoms with Gasteiger partial charge in [0.05, 0.1) is 4.20 Å². The number of halogens is 1. The molecule has 0 radical (unpaired) electrons. The number of thioether (sulfide) groups is 1. The molecule has 3 heteroatoms. The molecule has 2 aromatic carbocycles. The first-order chi connectivity index (χ1) is 9.16. The van der Waals surface area contributed by atoms with Crippen molar-refractivity contribution in [2.45, 2.75) is 12.8 Å². The van der Waals surface area contributed by atoms with Gasteiger partial charge in [-0.2, -0.15) is 0 Å². The fourth-order valence-electron chi connectivity index (χ4n) is 1.75. The van der Waals surface area contributed by atoms with Crippen LogP contribution < -0.4 is 0 Å². The van der Waals surface area contributed by atoms with Crippen molar-refractivity contribution in [1.82, 2.24) is 0 Å². The van der Waals surface area contributed by atoms with Gasteiger partial charge in [-0.1, -0.05) is 73.2 Å². The summed E-state index contributed by atoms with van der Waals surface area (Å²) in [6, 6.07) is 18.2. The zero-order valence-corrected chi connectivity index (χ0v) is 13.1. The Bertz CT molecular complexity index is 534. The molecule has 0 nitrogen and oxygen atoms in total. The summed E-state index contributed by atoms with van der Waals surface area (Å²) in [7, 11) is 0. The molecule has 19 heavy (non-hydrogen) atoms. The van der Waals surface area contributed by atoms with E-state index in [-0.39, 0.29) is 0 Å². The first-order valence-corrected chi connectivity index (χ1v) is 7.91. The lowest BCUT2D eigenvalue weighted by Crippen LogP contribution is -2.00. The average molecular weight is 307 g/mol. The van der Waals surface area contributed by atoms with Crippen LogP contribution in [-0.4, -0.2) is 9.95 Å². The van der Waals surface area contributed by atoms with Crippen LogP contribution in [0.5, 0.6) is 0 Å². The third-order valence-corrected chi connectivity index (χ3v) is 4.92. The van der Waals surface area contributed by atoms with E-state index in [0.29, 0.717) is 5.92 Å². The van der Waals surface area contributed by atoms with Crippen LogP contribution in [-0.2, 0) is 0 Å². The summed E-state index contributed by atoms with van der Waals surface area (Å²) in [5.41, 5.74) is 2.43.